The van der Waals surface area contributed by atoms with Crippen LogP contribution < -0.4 is 26.6 Å². The number of alkyl carbamates (subject to hydrolysis) is 1. The van der Waals surface area contributed by atoms with Crippen LogP contribution in [0.3, 0.4) is 0 Å². The molecule has 1 saturated carbocycles. The number of esters is 1. The van der Waals surface area contributed by atoms with Gasteiger partial charge in [0, 0.05) is 14.2 Å². The Bertz CT molecular complexity index is 1980. The van der Waals surface area contributed by atoms with E-state index in [-0.39, 0.29) is 37.1 Å². The average molecular weight is 977 g/mol. The van der Waals surface area contributed by atoms with Crippen molar-refractivity contribution in [1.82, 2.24) is 31.5 Å². The Hall–Kier alpha value is -5.55. The van der Waals surface area contributed by atoms with E-state index in [1.807, 2.05) is 64.1 Å². The maximum Gasteiger partial charge on any atom is 0.407 e. The number of carbonyl (C=O) groups is 7. The molecule has 0 bridgehead atoms. The highest BCUT2D eigenvalue weighted by Crippen LogP contribution is 2.28. The Morgan fingerprint density at radius 2 is 1.43 bits per heavy atom. The molecular formula is C53H80N6O11. The summed E-state index contributed by atoms with van der Waals surface area (Å²) in [5, 5.41) is 13.7. The van der Waals surface area contributed by atoms with Crippen molar-refractivity contribution in [3.05, 3.63) is 71.8 Å². The molecule has 1 heterocycles. The van der Waals surface area contributed by atoms with Crippen molar-refractivity contribution in [2.24, 2.45) is 17.8 Å². The molecule has 1 aliphatic carbocycles. The first-order valence-corrected chi connectivity index (χ1v) is 25.2. The highest BCUT2D eigenvalue weighted by atomic mass is 16.6. The molecule has 2 aromatic rings. The first kappa shape index (κ1) is 57.0. The number of likely N-dealkylation sites (N-methyl/N-ethyl adjacent to an activating group) is 1. The predicted octanol–water partition coefficient (Wildman–Crippen LogP) is 5.87. The molecule has 1 aliphatic heterocycles. The highest BCUT2D eigenvalue weighted by molar-refractivity contribution is 5.96. The zero-order valence-corrected chi connectivity index (χ0v) is 42.7. The van der Waals surface area contributed by atoms with Crippen molar-refractivity contribution in [1.29, 1.82) is 0 Å². The van der Waals surface area contributed by atoms with Crippen molar-refractivity contribution >= 4 is 41.6 Å². The minimum Gasteiger partial charge on any atom is -0.460 e. The molecule has 7 atom stereocenters. The van der Waals surface area contributed by atoms with Crippen LogP contribution in [0.5, 0.6) is 0 Å². The van der Waals surface area contributed by atoms with Gasteiger partial charge in [0.15, 0.2) is 0 Å². The molecule has 0 unspecified atom stereocenters. The number of ether oxygens (including phenoxy) is 4. The lowest BCUT2D eigenvalue weighted by Gasteiger charge is -2.36. The molecule has 2 fully saturated rings. The Morgan fingerprint density at radius 1 is 0.800 bits per heavy atom. The number of cyclic esters (lactones) is 1. The second-order valence-electron chi connectivity index (χ2n) is 19.9. The summed E-state index contributed by atoms with van der Waals surface area (Å²) in [6, 6.07) is 13.2. The standard InChI is InChI=1S/C53H80N6O11/c1-35(2)30-42-48(62)58-46(40-26-18-13-19-27-40)50(64)56-41(31-55-52(66)69-34-39-24-16-12-17-25-39)47(61)57-45(37(4)68-33-38-22-14-11-15-23-38)49(63)54-32-44(60)70-43(36(3)51(65)59(42)7)28-20-9-10-21-29-53(5,6)67-8/h11-12,14-17,22-25,35-37,40-43,45-46H,9-10,13,18-21,26-34H2,1-8H3,(H,54,63)(H,55,66)(H,56,64)(H,57,61)(H,58,62)/t36-,37+,41+,42+,43-,45+,46+/m1/s1. The molecule has 17 heteroatoms. The number of rotatable bonds is 19. The third kappa shape index (κ3) is 19.0. The van der Waals surface area contributed by atoms with Crippen LogP contribution >= 0.6 is 0 Å². The number of amides is 6. The van der Waals surface area contributed by atoms with E-state index in [0.717, 1.165) is 56.1 Å². The Balaban J connectivity index is 1.71. The SMILES string of the molecule is COC(C)(C)CCCCCC[C@H]1OC(=O)CNC(=O)[C@H]([C@H](C)OCc2ccccc2)NC(=O)[C@H](CNC(=O)OCc2ccccc2)NC(=O)[C@H](C2CCCCC2)NC(=O)[C@H](CC(C)C)N(C)C(=O)[C@@H]1C. The monoisotopic (exact) mass is 977 g/mol. The summed E-state index contributed by atoms with van der Waals surface area (Å²) < 4.78 is 23.1. The van der Waals surface area contributed by atoms with E-state index >= 15 is 0 Å². The van der Waals surface area contributed by atoms with Crippen LogP contribution in [0.1, 0.15) is 130 Å². The lowest BCUT2D eigenvalue weighted by Crippen LogP contribution is -2.63. The summed E-state index contributed by atoms with van der Waals surface area (Å²) in [6.45, 7) is 10.1. The van der Waals surface area contributed by atoms with E-state index in [1.54, 1.807) is 52.3 Å². The molecule has 6 amide bonds. The molecule has 0 radical (unpaired) electrons. The van der Waals surface area contributed by atoms with Gasteiger partial charge in [0.25, 0.3) is 0 Å². The summed E-state index contributed by atoms with van der Waals surface area (Å²) in [5.41, 5.74) is 1.27. The van der Waals surface area contributed by atoms with Crippen LogP contribution in [0.2, 0.25) is 0 Å². The molecule has 2 aromatic carbocycles. The zero-order valence-electron chi connectivity index (χ0n) is 42.7. The average Bonchev–Trinajstić information content (AvgIpc) is 3.35. The van der Waals surface area contributed by atoms with Crippen LogP contribution in [0, 0.1) is 17.8 Å². The Labute approximate surface area is 415 Å². The van der Waals surface area contributed by atoms with Crippen molar-refractivity contribution in [3.8, 4) is 0 Å². The molecule has 4 rings (SSSR count). The van der Waals surface area contributed by atoms with Gasteiger partial charge in [0.2, 0.25) is 29.5 Å². The lowest BCUT2D eigenvalue weighted by atomic mass is 9.83. The number of nitrogens with zero attached hydrogens (tertiary/aromatic N) is 1. The molecular weight excluding hydrogens is 897 g/mol. The van der Waals surface area contributed by atoms with Gasteiger partial charge in [0.1, 0.15) is 43.4 Å². The second-order valence-corrected chi connectivity index (χ2v) is 19.9. The number of benzene rings is 2. The summed E-state index contributed by atoms with van der Waals surface area (Å²) in [4.78, 5) is 101. The molecule has 17 nitrogen and oxygen atoms in total. The summed E-state index contributed by atoms with van der Waals surface area (Å²) in [6.07, 6.45) is 5.79. The molecule has 0 aromatic heterocycles. The van der Waals surface area contributed by atoms with Crippen LogP contribution in [-0.2, 0) is 60.9 Å². The fourth-order valence-corrected chi connectivity index (χ4v) is 8.86. The number of nitrogens with one attached hydrogen (secondary N) is 5. The van der Waals surface area contributed by atoms with Crippen LogP contribution in [-0.4, -0.2) is 116 Å². The minimum absolute atomic E-state index is 0.0435. The first-order valence-electron chi connectivity index (χ1n) is 25.2. The van der Waals surface area contributed by atoms with Crippen LogP contribution in [0.4, 0.5) is 4.79 Å². The van der Waals surface area contributed by atoms with Crippen molar-refractivity contribution < 1.29 is 52.5 Å². The van der Waals surface area contributed by atoms with Crippen molar-refractivity contribution in [2.45, 2.75) is 174 Å². The quantitative estimate of drug-likeness (QED) is 0.0828. The van der Waals surface area contributed by atoms with E-state index in [2.05, 4.69) is 26.6 Å². The predicted molar refractivity (Wildman–Crippen MR) is 265 cm³/mol. The van der Waals surface area contributed by atoms with Gasteiger partial charge >= 0.3 is 12.1 Å². The molecule has 5 N–H and O–H groups in total. The van der Waals surface area contributed by atoms with Gasteiger partial charge in [-0.05, 0) is 82.3 Å². The van der Waals surface area contributed by atoms with Crippen LogP contribution in [0.25, 0.3) is 0 Å². The highest BCUT2D eigenvalue weighted by Gasteiger charge is 2.40. The van der Waals surface area contributed by atoms with Gasteiger partial charge < -0.3 is 50.4 Å². The van der Waals surface area contributed by atoms with E-state index < -0.39 is 97.0 Å². The van der Waals surface area contributed by atoms with Gasteiger partial charge in [-0.3, -0.25) is 28.8 Å². The number of methoxy groups -OCH3 is 1. The Morgan fingerprint density at radius 3 is 2.06 bits per heavy atom. The second kappa shape index (κ2) is 29.0. The molecule has 0 spiro atoms. The van der Waals surface area contributed by atoms with Crippen molar-refractivity contribution in [2.75, 3.05) is 27.2 Å². The van der Waals surface area contributed by atoms with Crippen LogP contribution in [0.15, 0.2) is 60.7 Å². The maximum atomic E-state index is 14.7. The van der Waals surface area contributed by atoms with E-state index in [1.165, 1.54) is 4.90 Å². The molecule has 1 saturated heterocycles. The van der Waals surface area contributed by atoms with E-state index in [9.17, 15) is 33.6 Å². The van der Waals surface area contributed by atoms with Gasteiger partial charge in [-0.1, -0.05) is 120 Å². The summed E-state index contributed by atoms with van der Waals surface area (Å²) in [5.74, 6) is -5.34. The van der Waals surface area contributed by atoms with Gasteiger partial charge in [-0.2, -0.15) is 0 Å². The normalized spacial score (nSPS) is 23.4. The number of hydrogen-bond acceptors (Lipinski definition) is 11. The Kier molecular flexibility index (Phi) is 23.6. The topological polar surface area (TPSA) is 220 Å². The van der Waals surface area contributed by atoms with Gasteiger partial charge in [-0.15, -0.1) is 0 Å². The van der Waals surface area contributed by atoms with E-state index in [0.29, 0.717) is 25.7 Å². The minimum atomic E-state index is -1.49. The molecule has 388 valence electrons. The first-order chi connectivity index (χ1) is 33.4. The fraction of sp³-hybridized carbons (Fsp3) is 0.642. The molecule has 2 aliphatic rings. The smallest absolute Gasteiger partial charge is 0.407 e. The lowest BCUT2D eigenvalue weighted by molar-refractivity contribution is -0.158. The third-order valence-electron chi connectivity index (χ3n) is 13.4. The summed E-state index contributed by atoms with van der Waals surface area (Å²) >= 11 is 0. The van der Waals surface area contributed by atoms with Gasteiger partial charge in [-0.25, -0.2) is 4.79 Å². The van der Waals surface area contributed by atoms with Crippen molar-refractivity contribution in [3.63, 3.8) is 0 Å². The maximum absolute atomic E-state index is 14.7. The number of hydrogen-bond donors (Lipinski definition) is 5. The zero-order chi connectivity index (χ0) is 51.2. The fourth-order valence-electron chi connectivity index (χ4n) is 8.86. The van der Waals surface area contributed by atoms with E-state index in [4.69, 9.17) is 18.9 Å². The van der Waals surface area contributed by atoms with Gasteiger partial charge in [0.05, 0.1) is 30.8 Å². The number of unbranched alkanes of at least 4 members (excludes halogenated alkanes) is 3. The third-order valence-corrected chi connectivity index (χ3v) is 13.4. The summed E-state index contributed by atoms with van der Waals surface area (Å²) in [7, 11) is 3.24. The molecule has 70 heavy (non-hydrogen) atoms. The number of carbonyl (C=O) groups excluding carboxylic acids is 7. The largest absolute Gasteiger partial charge is 0.460 e.